The predicted octanol–water partition coefficient (Wildman–Crippen LogP) is 22.3. The van der Waals surface area contributed by atoms with Gasteiger partial charge in [0.25, 0.3) is 0 Å². The van der Waals surface area contributed by atoms with Crippen LogP contribution >= 0.6 is 7.82 Å². The molecule has 0 aliphatic rings. The number of carbonyl (C=O) groups excluding carboxylic acids is 2. The van der Waals surface area contributed by atoms with E-state index in [-0.39, 0.29) is 32.0 Å². The molecular weight excluding hydrogens is 1060 g/mol. The van der Waals surface area contributed by atoms with Gasteiger partial charge in [0.15, 0.2) is 6.10 Å². The van der Waals surface area contributed by atoms with Gasteiger partial charge in [-0.25, -0.2) is 4.57 Å². The van der Waals surface area contributed by atoms with Crippen LogP contribution in [-0.4, -0.2) is 74.9 Å². The average molecular weight is 1190 g/mol. The van der Waals surface area contributed by atoms with Crippen molar-refractivity contribution >= 4 is 19.8 Å². The Kier molecular flexibility index (Phi) is 61.2. The lowest BCUT2D eigenvalue weighted by Crippen LogP contribution is -2.37. The van der Waals surface area contributed by atoms with Gasteiger partial charge in [0.1, 0.15) is 19.8 Å². The Hall–Kier alpha value is -3.59. The van der Waals surface area contributed by atoms with Crippen molar-refractivity contribution in [3.63, 3.8) is 0 Å². The highest BCUT2D eigenvalue weighted by Crippen LogP contribution is 2.43. The molecular formula is C74H129NO8P+. The Morgan fingerprint density at radius 2 is 0.679 bits per heavy atom. The first-order valence-corrected chi connectivity index (χ1v) is 35.8. The molecule has 0 saturated carbocycles. The topological polar surface area (TPSA) is 108 Å². The summed E-state index contributed by atoms with van der Waals surface area (Å²) in [5.41, 5.74) is 0. The molecule has 10 heteroatoms. The third-order valence-electron chi connectivity index (χ3n) is 14.5. The van der Waals surface area contributed by atoms with Gasteiger partial charge >= 0.3 is 19.8 Å². The SMILES string of the molecule is CC/C=C\C/C=C\C/C=C\C/C=C\C/C=C\C/C=C\C/C=C\C/C=C\CCCCCCCCCCCCCCC(=O)OC(COC(=O)CCCCCCCCCCCCC/C=C\C/C=C\CCCCCCC)COP(=O)(O)OCC[N+](C)(C)C. The molecule has 0 heterocycles. The Balaban J connectivity index is 4.09. The Bertz CT molecular complexity index is 1830. The number of nitrogens with zero attached hydrogens (tertiary/aromatic N) is 1. The summed E-state index contributed by atoms with van der Waals surface area (Å²) in [6.45, 7) is 4.32. The van der Waals surface area contributed by atoms with Crippen molar-refractivity contribution in [2.75, 3.05) is 47.5 Å². The molecule has 482 valence electrons. The van der Waals surface area contributed by atoms with Gasteiger partial charge in [0.05, 0.1) is 27.7 Å². The Morgan fingerprint density at radius 3 is 1.01 bits per heavy atom. The fraction of sp³-hybridized carbons (Fsp3) is 0.703. The van der Waals surface area contributed by atoms with Crippen LogP contribution in [0.4, 0.5) is 0 Å². The van der Waals surface area contributed by atoms with Crippen LogP contribution in [0.25, 0.3) is 0 Å². The van der Waals surface area contributed by atoms with Gasteiger partial charge in [-0.1, -0.05) is 283 Å². The number of unbranched alkanes of at least 4 members (excludes halogenated alkanes) is 28. The fourth-order valence-electron chi connectivity index (χ4n) is 9.24. The molecule has 0 radical (unpaired) electrons. The van der Waals surface area contributed by atoms with Crippen LogP contribution in [-0.2, 0) is 32.7 Å². The zero-order chi connectivity index (χ0) is 61.2. The number of phosphoric acid groups is 1. The number of phosphoric ester groups is 1. The van der Waals surface area contributed by atoms with E-state index < -0.39 is 26.5 Å². The highest BCUT2D eigenvalue weighted by molar-refractivity contribution is 7.47. The van der Waals surface area contributed by atoms with Gasteiger partial charge in [-0.2, -0.15) is 0 Å². The first kappa shape index (κ1) is 80.4. The van der Waals surface area contributed by atoms with Crippen molar-refractivity contribution in [2.45, 2.75) is 290 Å². The zero-order valence-corrected chi connectivity index (χ0v) is 55.7. The molecule has 0 aromatic rings. The molecule has 0 saturated heterocycles. The molecule has 0 fully saturated rings. The van der Waals surface area contributed by atoms with E-state index in [4.69, 9.17) is 18.5 Å². The molecule has 0 rings (SSSR count). The summed E-state index contributed by atoms with van der Waals surface area (Å²) < 4.78 is 34.7. The molecule has 0 aliphatic heterocycles. The Morgan fingerprint density at radius 1 is 0.381 bits per heavy atom. The van der Waals surface area contributed by atoms with Crippen LogP contribution in [0.3, 0.4) is 0 Å². The maximum atomic E-state index is 12.9. The van der Waals surface area contributed by atoms with E-state index >= 15 is 0 Å². The minimum atomic E-state index is -4.40. The minimum Gasteiger partial charge on any atom is -0.462 e. The first-order valence-electron chi connectivity index (χ1n) is 34.3. The normalized spacial score (nSPS) is 13.9. The van der Waals surface area contributed by atoms with Gasteiger partial charge in [0, 0.05) is 12.8 Å². The third kappa shape index (κ3) is 67.5. The molecule has 0 aliphatic carbocycles. The molecule has 0 spiro atoms. The van der Waals surface area contributed by atoms with E-state index in [2.05, 4.69) is 135 Å². The van der Waals surface area contributed by atoms with Crippen LogP contribution in [0.5, 0.6) is 0 Å². The number of hydrogen-bond acceptors (Lipinski definition) is 7. The lowest BCUT2D eigenvalue weighted by atomic mass is 10.0. The second-order valence-electron chi connectivity index (χ2n) is 23.8. The van der Waals surface area contributed by atoms with E-state index in [1.807, 2.05) is 21.1 Å². The summed E-state index contributed by atoms with van der Waals surface area (Å²) >= 11 is 0. The average Bonchev–Trinajstić information content (AvgIpc) is 3.61. The van der Waals surface area contributed by atoms with E-state index in [1.165, 1.54) is 154 Å². The summed E-state index contributed by atoms with van der Waals surface area (Å²) in [7, 11) is 1.47. The summed E-state index contributed by atoms with van der Waals surface area (Å²) in [5.74, 6) is -0.800. The van der Waals surface area contributed by atoms with E-state index in [1.54, 1.807) is 0 Å². The number of allylic oxidation sites excluding steroid dienone is 20. The van der Waals surface area contributed by atoms with E-state index in [0.717, 1.165) is 96.3 Å². The lowest BCUT2D eigenvalue weighted by molar-refractivity contribution is -0.870. The third-order valence-corrected chi connectivity index (χ3v) is 15.5. The summed E-state index contributed by atoms with van der Waals surface area (Å²) in [6, 6.07) is 0. The number of likely N-dealkylation sites (N-methyl/N-ethyl adjacent to an activating group) is 1. The van der Waals surface area contributed by atoms with Gasteiger partial charge in [-0.15, -0.1) is 0 Å². The van der Waals surface area contributed by atoms with Gasteiger partial charge in [0.2, 0.25) is 0 Å². The smallest absolute Gasteiger partial charge is 0.462 e. The second kappa shape index (κ2) is 63.9. The van der Waals surface area contributed by atoms with Gasteiger partial charge in [-0.05, 0) is 109 Å². The maximum absolute atomic E-state index is 12.9. The van der Waals surface area contributed by atoms with Crippen LogP contribution in [0.15, 0.2) is 122 Å². The molecule has 0 aromatic heterocycles. The molecule has 84 heavy (non-hydrogen) atoms. The number of hydrogen-bond donors (Lipinski definition) is 1. The van der Waals surface area contributed by atoms with Crippen molar-refractivity contribution in [3.05, 3.63) is 122 Å². The number of ether oxygens (including phenoxy) is 2. The molecule has 0 aromatic carbocycles. The highest BCUT2D eigenvalue weighted by atomic mass is 31.2. The van der Waals surface area contributed by atoms with Crippen molar-refractivity contribution in [1.82, 2.24) is 0 Å². The molecule has 0 bridgehead atoms. The summed E-state index contributed by atoms with van der Waals surface area (Å²) in [5, 5.41) is 0. The monoisotopic (exact) mass is 1190 g/mol. The molecule has 2 atom stereocenters. The van der Waals surface area contributed by atoms with Crippen molar-refractivity contribution in [3.8, 4) is 0 Å². The standard InChI is InChI=1S/C74H128NO8P/c1-6-8-10-12-14-16-18-20-22-24-26-28-30-31-32-33-34-35-36-37-38-39-40-41-42-43-45-47-49-51-53-55-57-59-61-63-65-67-74(77)83-72(71-82-84(78,79)81-69-68-75(3,4)5)70-80-73(76)66-64-62-60-58-56-54-52-50-48-46-44-29-27-25-23-21-19-17-15-13-11-9-7-2/h8,10,14,16,19-22,25-28,31-32,34-35,37-38,40-41,72H,6-7,9,11-13,15,17-18,23-24,29-30,33,36,39,42-71H2,1-5H3/p+1/b10-8-,16-14-,21-19-,22-20-,27-25-,28-26-,32-31-,35-34-,38-37-,41-40-. The maximum Gasteiger partial charge on any atom is 0.472 e. The minimum absolute atomic E-state index is 0.0266. The van der Waals surface area contributed by atoms with Gasteiger partial charge in [-0.3, -0.25) is 18.6 Å². The van der Waals surface area contributed by atoms with Crippen molar-refractivity contribution in [1.29, 1.82) is 0 Å². The quantitative estimate of drug-likeness (QED) is 0.0211. The molecule has 2 unspecified atom stereocenters. The Labute approximate surface area is 518 Å². The van der Waals surface area contributed by atoms with Crippen molar-refractivity contribution in [2.24, 2.45) is 0 Å². The van der Waals surface area contributed by atoms with Crippen LogP contribution in [0.2, 0.25) is 0 Å². The van der Waals surface area contributed by atoms with E-state index in [9.17, 15) is 19.0 Å². The zero-order valence-electron chi connectivity index (χ0n) is 54.9. The highest BCUT2D eigenvalue weighted by Gasteiger charge is 2.27. The largest absolute Gasteiger partial charge is 0.472 e. The van der Waals surface area contributed by atoms with Crippen LogP contribution < -0.4 is 0 Å². The summed E-state index contributed by atoms with van der Waals surface area (Å²) in [4.78, 5) is 35.8. The lowest BCUT2D eigenvalue weighted by Gasteiger charge is -2.24. The fourth-order valence-corrected chi connectivity index (χ4v) is 9.98. The number of carbonyl (C=O) groups is 2. The van der Waals surface area contributed by atoms with Crippen molar-refractivity contribution < 1.29 is 42.1 Å². The van der Waals surface area contributed by atoms with Gasteiger partial charge < -0.3 is 18.9 Å². The molecule has 0 amide bonds. The number of rotatable bonds is 62. The second-order valence-corrected chi connectivity index (χ2v) is 25.3. The summed E-state index contributed by atoms with van der Waals surface area (Å²) in [6.07, 6.45) is 91.4. The van der Waals surface area contributed by atoms with Crippen LogP contribution in [0, 0.1) is 0 Å². The molecule has 1 N–H and O–H groups in total. The predicted molar refractivity (Wildman–Crippen MR) is 362 cm³/mol. The van der Waals surface area contributed by atoms with E-state index in [0.29, 0.717) is 17.4 Å². The number of esters is 2. The van der Waals surface area contributed by atoms with Crippen LogP contribution in [0.1, 0.15) is 284 Å². The molecule has 9 nitrogen and oxygen atoms in total. The number of quaternary nitrogens is 1. The first-order chi connectivity index (χ1) is 41.0.